The Morgan fingerprint density at radius 1 is 1.60 bits per heavy atom. The molecule has 27 valence electrons. The number of rotatable bonds is 0. The quantitative estimate of drug-likeness (QED) is 0.441. The maximum absolute atomic E-state index is 4.60. The fourth-order valence-corrected chi connectivity index (χ4v) is 0.481. The van der Waals surface area contributed by atoms with Gasteiger partial charge in [-0.15, -0.1) is 0 Å². The summed E-state index contributed by atoms with van der Waals surface area (Å²) in [5.74, 6) is 1.67. The lowest BCUT2D eigenvalue weighted by Gasteiger charge is -1.76. The predicted octanol–water partition coefficient (Wildman–Crippen LogP) is 1.34. The van der Waals surface area contributed by atoms with Crippen molar-refractivity contribution in [2.75, 3.05) is 0 Å². The van der Waals surface area contributed by atoms with Gasteiger partial charge in [-0.1, -0.05) is 11.8 Å². The van der Waals surface area contributed by atoms with Crippen LogP contribution in [0.3, 0.4) is 0 Å². The van der Waals surface area contributed by atoms with E-state index in [2.05, 4.69) is 4.74 Å². The van der Waals surface area contributed by atoms with Crippen molar-refractivity contribution < 1.29 is 4.74 Å². The molecule has 0 saturated carbocycles. The smallest absolute Gasteiger partial charge is 0.194 e. The van der Waals surface area contributed by atoms with Crippen molar-refractivity contribution in [1.29, 1.82) is 0 Å². The van der Waals surface area contributed by atoms with Crippen LogP contribution in [0.4, 0.5) is 0 Å². The Hall–Kier alpha value is -0.110. The van der Waals surface area contributed by atoms with E-state index < -0.39 is 0 Å². The SMILES string of the molecule is [CH]1OC=CS1. The lowest BCUT2D eigenvalue weighted by Crippen LogP contribution is -1.53. The molecular weight excluding hydrogens is 84.1 g/mol. The van der Waals surface area contributed by atoms with Gasteiger partial charge in [0, 0.05) is 5.41 Å². The van der Waals surface area contributed by atoms with Crippen LogP contribution >= 0.6 is 11.8 Å². The summed E-state index contributed by atoms with van der Waals surface area (Å²) in [4.78, 5) is 0. The van der Waals surface area contributed by atoms with Crippen molar-refractivity contribution in [1.82, 2.24) is 0 Å². The number of hydrogen-bond donors (Lipinski definition) is 0. The number of ether oxygens (including phenoxy) is 1. The first kappa shape index (κ1) is 3.09. The van der Waals surface area contributed by atoms with E-state index in [1.807, 2.05) is 5.41 Å². The lowest BCUT2D eigenvalue weighted by molar-refractivity contribution is 0.387. The Balaban J connectivity index is 2.32. The molecular formula is C3H3OS. The summed E-state index contributed by atoms with van der Waals surface area (Å²) in [7, 11) is 0. The van der Waals surface area contributed by atoms with Gasteiger partial charge >= 0.3 is 0 Å². The lowest BCUT2D eigenvalue weighted by atomic mass is 11.1. The molecule has 1 aliphatic heterocycles. The van der Waals surface area contributed by atoms with Crippen LogP contribution in [-0.4, -0.2) is 0 Å². The Morgan fingerprint density at radius 2 is 2.60 bits per heavy atom. The van der Waals surface area contributed by atoms with Gasteiger partial charge in [-0.25, -0.2) is 0 Å². The minimum atomic E-state index is 1.55. The van der Waals surface area contributed by atoms with Crippen LogP contribution in [0.25, 0.3) is 0 Å². The highest BCUT2D eigenvalue weighted by atomic mass is 32.2. The molecule has 0 aliphatic carbocycles. The molecule has 0 aromatic carbocycles. The fourth-order valence-electron chi connectivity index (χ4n) is 0.160. The Bertz CT molecular complexity index is 44.9. The second-order valence-electron chi connectivity index (χ2n) is 0.641. The highest BCUT2D eigenvalue weighted by molar-refractivity contribution is 8.04. The summed E-state index contributed by atoms with van der Waals surface area (Å²) in [6, 6.07) is 0. The summed E-state index contributed by atoms with van der Waals surface area (Å²) in [6.45, 7) is 0. The Morgan fingerprint density at radius 3 is 2.80 bits per heavy atom. The molecule has 1 heterocycles. The van der Waals surface area contributed by atoms with Crippen molar-refractivity contribution in [2.24, 2.45) is 0 Å². The maximum Gasteiger partial charge on any atom is 0.194 e. The molecule has 0 fully saturated rings. The molecule has 0 saturated heterocycles. The second kappa shape index (κ2) is 1.36. The first-order valence-electron chi connectivity index (χ1n) is 1.28. The van der Waals surface area contributed by atoms with Gasteiger partial charge in [-0.2, -0.15) is 0 Å². The molecule has 1 nitrogen and oxygen atoms in total. The highest BCUT2D eigenvalue weighted by Crippen LogP contribution is 2.14. The topological polar surface area (TPSA) is 9.23 Å². The van der Waals surface area contributed by atoms with Crippen LogP contribution in [0, 0.1) is 5.94 Å². The van der Waals surface area contributed by atoms with Crippen LogP contribution in [0.5, 0.6) is 0 Å². The maximum atomic E-state index is 4.60. The monoisotopic (exact) mass is 87.0 g/mol. The van der Waals surface area contributed by atoms with E-state index in [0.717, 1.165) is 0 Å². The van der Waals surface area contributed by atoms with Crippen LogP contribution < -0.4 is 0 Å². The van der Waals surface area contributed by atoms with Crippen LogP contribution in [0.2, 0.25) is 0 Å². The standard InChI is InChI=1S/C3H3OS/c1-2-5-3-4-1/h1-3H. The van der Waals surface area contributed by atoms with Crippen molar-refractivity contribution in [2.45, 2.75) is 0 Å². The third kappa shape index (κ3) is 0.581. The number of thioether (sulfide) groups is 1. The fraction of sp³-hybridized carbons (Fsp3) is 0. The van der Waals surface area contributed by atoms with E-state index in [9.17, 15) is 0 Å². The molecule has 0 N–H and O–H groups in total. The van der Waals surface area contributed by atoms with Crippen LogP contribution in [0.1, 0.15) is 0 Å². The summed E-state index contributed by atoms with van der Waals surface area (Å²) in [6.07, 6.45) is 1.64. The molecule has 0 atom stereocenters. The molecule has 0 spiro atoms. The summed E-state index contributed by atoms with van der Waals surface area (Å²) in [5, 5.41) is 1.88. The third-order valence-corrected chi connectivity index (χ3v) is 0.814. The molecule has 1 radical (unpaired) electrons. The molecule has 0 bridgehead atoms. The summed E-state index contributed by atoms with van der Waals surface area (Å²) >= 11 is 1.55. The van der Waals surface area contributed by atoms with Gasteiger partial charge in [0.05, 0.1) is 6.26 Å². The van der Waals surface area contributed by atoms with Gasteiger partial charge in [0.2, 0.25) is 0 Å². The molecule has 2 heteroatoms. The van der Waals surface area contributed by atoms with Crippen LogP contribution in [-0.2, 0) is 4.74 Å². The largest absolute Gasteiger partial charge is 0.482 e. The van der Waals surface area contributed by atoms with Gasteiger partial charge in [0.1, 0.15) is 0 Å². The molecule has 1 aliphatic rings. The highest BCUT2D eigenvalue weighted by Gasteiger charge is 1.86. The summed E-state index contributed by atoms with van der Waals surface area (Å²) in [5.41, 5.74) is 0. The Labute approximate surface area is 35.0 Å². The normalized spacial score (nSPS) is 19.2. The molecule has 5 heavy (non-hydrogen) atoms. The van der Waals surface area contributed by atoms with E-state index in [4.69, 9.17) is 0 Å². The van der Waals surface area contributed by atoms with Crippen LogP contribution in [0.15, 0.2) is 11.7 Å². The average molecular weight is 87.1 g/mol. The van der Waals surface area contributed by atoms with Crippen molar-refractivity contribution in [3.8, 4) is 0 Å². The summed E-state index contributed by atoms with van der Waals surface area (Å²) < 4.78 is 4.60. The minimum Gasteiger partial charge on any atom is -0.482 e. The average Bonchev–Trinajstić information content (AvgIpc) is 1.76. The van der Waals surface area contributed by atoms with Crippen molar-refractivity contribution in [3.63, 3.8) is 0 Å². The van der Waals surface area contributed by atoms with Gasteiger partial charge in [-0.3, -0.25) is 0 Å². The zero-order valence-electron chi connectivity index (χ0n) is 2.55. The van der Waals surface area contributed by atoms with E-state index >= 15 is 0 Å². The van der Waals surface area contributed by atoms with Gasteiger partial charge in [0.25, 0.3) is 0 Å². The zero-order valence-corrected chi connectivity index (χ0v) is 3.37. The minimum absolute atomic E-state index is 1.55. The Kier molecular flexibility index (Phi) is 0.841. The predicted molar refractivity (Wildman–Crippen MR) is 22.1 cm³/mol. The molecule has 1 rings (SSSR count). The molecule has 0 unspecified atom stereocenters. The molecule has 0 aromatic heterocycles. The van der Waals surface area contributed by atoms with E-state index in [1.165, 1.54) is 0 Å². The van der Waals surface area contributed by atoms with E-state index in [-0.39, 0.29) is 0 Å². The van der Waals surface area contributed by atoms with E-state index in [0.29, 0.717) is 0 Å². The number of hydrogen-bond acceptors (Lipinski definition) is 2. The zero-order chi connectivity index (χ0) is 3.54. The van der Waals surface area contributed by atoms with E-state index in [1.54, 1.807) is 24.0 Å². The van der Waals surface area contributed by atoms with Gasteiger partial charge in [-0.05, 0) is 0 Å². The first-order chi connectivity index (χ1) is 2.50. The first-order valence-corrected chi connectivity index (χ1v) is 2.22. The van der Waals surface area contributed by atoms with Crippen molar-refractivity contribution in [3.05, 3.63) is 17.6 Å². The van der Waals surface area contributed by atoms with Gasteiger partial charge in [0.15, 0.2) is 5.94 Å². The van der Waals surface area contributed by atoms with Crippen molar-refractivity contribution >= 4 is 11.8 Å². The molecule has 0 amide bonds. The second-order valence-corrected chi connectivity index (χ2v) is 1.38. The third-order valence-electron chi connectivity index (χ3n) is 0.324. The van der Waals surface area contributed by atoms with Gasteiger partial charge < -0.3 is 4.74 Å². The molecule has 0 aromatic rings.